The van der Waals surface area contributed by atoms with Crippen molar-refractivity contribution in [2.75, 3.05) is 0 Å². The Kier molecular flexibility index (Phi) is 3.10. The highest BCUT2D eigenvalue weighted by atomic mass is 35.5. The Balaban J connectivity index is 1.89. The summed E-state index contributed by atoms with van der Waals surface area (Å²) in [5.41, 5.74) is 4.18. The minimum absolute atomic E-state index is 0.818. The molecule has 0 N–H and O–H groups in total. The van der Waals surface area contributed by atoms with Crippen LogP contribution in [0, 0.1) is 6.92 Å². The van der Waals surface area contributed by atoms with Crippen LogP contribution in [0.25, 0.3) is 10.9 Å². The molecule has 0 unspecified atom stereocenters. The van der Waals surface area contributed by atoms with E-state index in [1.807, 2.05) is 17.6 Å². The molecule has 0 aliphatic rings. The van der Waals surface area contributed by atoms with Crippen molar-refractivity contribution in [1.29, 1.82) is 0 Å². The van der Waals surface area contributed by atoms with Crippen molar-refractivity contribution < 1.29 is 0 Å². The molecule has 0 bridgehead atoms. The molecular formula is C14H13ClN2S. The van der Waals surface area contributed by atoms with Gasteiger partial charge in [-0.15, -0.1) is 11.3 Å². The third-order valence-electron chi connectivity index (χ3n) is 3.16. The number of aromatic nitrogens is 2. The predicted molar refractivity (Wildman–Crippen MR) is 77.5 cm³/mol. The van der Waals surface area contributed by atoms with Gasteiger partial charge in [0.2, 0.25) is 0 Å². The van der Waals surface area contributed by atoms with Gasteiger partial charge in [-0.25, -0.2) is 4.98 Å². The Morgan fingerprint density at radius 3 is 3.00 bits per heavy atom. The van der Waals surface area contributed by atoms with Gasteiger partial charge >= 0.3 is 0 Å². The summed E-state index contributed by atoms with van der Waals surface area (Å²) in [5, 5.41) is 2.02. The molecule has 3 rings (SSSR count). The van der Waals surface area contributed by atoms with E-state index in [-0.39, 0.29) is 0 Å². The second-order valence-corrected chi connectivity index (χ2v) is 5.64. The number of nitrogens with zero attached hydrogens (tertiary/aromatic N) is 2. The number of aryl methyl sites for hydroxylation is 3. The zero-order valence-corrected chi connectivity index (χ0v) is 11.6. The number of para-hydroxylation sites is 1. The largest absolute Gasteiger partial charge is 0.346 e. The lowest BCUT2D eigenvalue weighted by Crippen LogP contribution is -1.99. The van der Waals surface area contributed by atoms with Crippen molar-refractivity contribution in [2.24, 2.45) is 0 Å². The van der Waals surface area contributed by atoms with Crippen molar-refractivity contribution in [1.82, 2.24) is 9.55 Å². The first kappa shape index (κ1) is 11.8. The molecule has 0 atom stereocenters. The number of hydrogen-bond donors (Lipinski definition) is 0. The lowest BCUT2D eigenvalue weighted by molar-refractivity contribution is 0.726. The minimum Gasteiger partial charge on any atom is -0.346 e. The average Bonchev–Trinajstić information content (AvgIpc) is 2.94. The number of rotatable bonds is 3. The van der Waals surface area contributed by atoms with Crippen LogP contribution in [0.15, 0.2) is 36.0 Å². The quantitative estimate of drug-likeness (QED) is 0.697. The molecule has 2 nitrogen and oxygen atoms in total. The first-order chi connectivity index (χ1) is 8.75. The van der Waals surface area contributed by atoms with Crippen molar-refractivity contribution >= 4 is 33.8 Å². The van der Waals surface area contributed by atoms with Crippen LogP contribution in [0.3, 0.4) is 0 Å². The van der Waals surface area contributed by atoms with Gasteiger partial charge in [-0.3, -0.25) is 0 Å². The monoisotopic (exact) mass is 276 g/mol. The van der Waals surface area contributed by atoms with Gasteiger partial charge in [0.15, 0.2) is 0 Å². The fourth-order valence-electron chi connectivity index (χ4n) is 2.19. The first-order valence-corrected chi connectivity index (χ1v) is 7.14. The Morgan fingerprint density at radius 2 is 2.22 bits per heavy atom. The Bertz CT molecular complexity index is 684. The van der Waals surface area contributed by atoms with Gasteiger partial charge in [-0.2, -0.15) is 0 Å². The van der Waals surface area contributed by atoms with E-state index in [1.54, 1.807) is 11.3 Å². The average molecular weight is 277 g/mol. The van der Waals surface area contributed by atoms with Gasteiger partial charge in [-0.05, 0) is 19.1 Å². The van der Waals surface area contributed by atoms with Gasteiger partial charge in [0.1, 0.15) is 0 Å². The smallest absolute Gasteiger partial charge is 0.0797 e. The van der Waals surface area contributed by atoms with E-state index >= 15 is 0 Å². The summed E-state index contributed by atoms with van der Waals surface area (Å²) < 4.78 is 2.22. The van der Waals surface area contributed by atoms with E-state index in [0.29, 0.717) is 0 Å². The summed E-state index contributed by atoms with van der Waals surface area (Å²) >= 11 is 7.99. The summed E-state index contributed by atoms with van der Waals surface area (Å²) in [5.74, 6) is 0. The standard InChI is InChI=1S/C14H13ClN2S/c1-10-13(18-9-16-10)6-8-17-7-5-11-3-2-4-12(15)14(11)17/h2-5,7,9H,6,8H2,1H3. The maximum absolute atomic E-state index is 6.26. The second-order valence-electron chi connectivity index (χ2n) is 4.30. The summed E-state index contributed by atoms with van der Waals surface area (Å²) in [6, 6.07) is 8.14. The zero-order valence-electron chi connectivity index (χ0n) is 10.1. The third kappa shape index (κ3) is 2.04. The summed E-state index contributed by atoms with van der Waals surface area (Å²) in [7, 11) is 0. The van der Waals surface area contributed by atoms with Gasteiger partial charge in [0, 0.05) is 29.4 Å². The number of halogens is 1. The molecule has 0 radical (unpaired) electrons. The molecule has 3 aromatic rings. The fraction of sp³-hybridized carbons (Fsp3) is 0.214. The van der Waals surface area contributed by atoms with Crippen LogP contribution in [0.4, 0.5) is 0 Å². The Morgan fingerprint density at radius 1 is 1.33 bits per heavy atom. The van der Waals surface area contributed by atoms with E-state index in [1.165, 1.54) is 10.3 Å². The van der Waals surface area contributed by atoms with Crippen molar-refractivity contribution in [3.63, 3.8) is 0 Å². The van der Waals surface area contributed by atoms with Crippen molar-refractivity contribution in [3.05, 3.63) is 51.6 Å². The number of thiazole rings is 1. The number of benzene rings is 1. The van der Waals surface area contributed by atoms with E-state index in [0.717, 1.165) is 29.2 Å². The van der Waals surface area contributed by atoms with Crippen LogP contribution < -0.4 is 0 Å². The van der Waals surface area contributed by atoms with E-state index < -0.39 is 0 Å². The molecule has 4 heteroatoms. The SMILES string of the molecule is Cc1ncsc1CCn1ccc2cccc(Cl)c21. The van der Waals surface area contributed by atoms with Gasteiger partial charge in [0.25, 0.3) is 0 Å². The molecule has 2 heterocycles. The predicted octanol–water partition coefficient (Wildman–Crippen LogP) is 4.30. The molecule has 0 saturated heterocycles. The first-order valence-electron chi connectivity index (χ1n) is 5.88. The summed E-state index contributed by atoms with van der Waals surface area (Å²) in [6.45, 7) is 3.00. The molecule has 0 spiro atoms. The maximum Gasteiger partial charge on any atom is 0.0797 e. The molecule has 92 valence electrons. The highest BCUT2D eigenvalue weighted by molar-refractivity contribution is 7.09. The molecule has 0 aliphatic heterocycles. The molecule has 0 fully saturated rings. The summed E-state index contributed by atoms with van der Waals surface area (Å²) in [4.78, 5) is 5.63. The van der Waals surface area contributed by atoms with Gasteiger partial charge < -0.3 is 4.57 Å². The highest BCUT2D eigenvalue weighted by Gasteiger charge is 2.06. The van der Waals surface area contributed by atoms with Gasteiger partial charge in [-0.1, -0.05) is 23.7 Å². The molecular weight excluding hydrogens is 264 g/mol. The minimum atomic E-state index is 0.818. The molecule has 1 aromatic carbocycles. The zero-order chi connectivity index (χ0) is 12.5. The van der Waals surface area contributed by atoms with Crippen molar-refractivity contribution in [3.8, 4) is 0 Å². The van der Waals surface area contributed by atoms with Crippen LogP contribution in [0.5, 0.6) is 0 Å². The van der Waals surface area contributed by atoms with Crippen LogP contribution in [-0.4, -0.2) is 9.55 Å². The highest BCUT2D eigenvalue weighted by Crippen LogP contribution is 2.25. The van der Waals surface area contributed by atoms with Crippen LogP contribution in [0.1, 0.15) is 10.6 Å². The molecule has 2 aromatic heterocycles. The maximum atomic E-state index is 6.26. The van der Waals surface area contributed by atoms with E-state index in [4.69, 9.17) is 11.6 Å². The Hall–Kier alpha value is -1.32. The topological polar surface area (TPSA) is 17.8 Å². The number of hydrogen-bond acceptors (Lipinski definition) is 2. The van der Waals surface area contributed by atoms with Gasteiger partial charge in [0.05, 0.1) is 21.7 Å². The Labute approximate surface area is 115 Å². The molecule has 0 aliphatic carbocycles. The van der Waals surface area contributed by atoms with E-state index in [2.05, 4.69) is 34.8 Å². The molecule has 18 heavy (non-hydrogen) atoms. The van der Waals surface area contributed by atoms with E-state index in [9.17, 15) is 0 Å². The second kappa shape index (κ2) is 4.75. The lowest BCUT2D eigenvalue weighted by Gasteiger charge is -2.06. The summed E-state index contributed by atoms with van der Waals surface area (Å²) in [6.07, 6.45) is 3.11. The lowest BCUT2D eigenvalue weighted by atomic mass is 10.2. The third-order valence-corrected chi connectivity index (χ3v) is 4.46. The van der Waals surface area contributed by atoms with Crippen LogP contribution in [0.2, 0.25) is 5.02 Å². The fourth-order valence-corrected chi connectivity index (χ4v) is 3.25. The van der Waals surface area contributed by atoms with Crippen LogP contribution in [-0.2, 0) is 13.0 Å². The normalized spacial score (nSPS) is 11.2. The molecule has 0 saturated carbocycles. The van der Waals surface area contributed by atoms with Crippen LogP contribution >= 0.6 is 22.9 Å². The number of fused-ring (bicyclic) bond motifs is 1. The molecule has 0 amide bonds. The van der Waals surface area contributed by atoms with Crippen molar-refractivity contribution in [2.45, 2.75) is 19.9 Å².